The summed E-state index contributed by atoms with van der Waals surface area (Å²) in [5.74, 6) is -0.0761. The molecule has 162 valence electrons. The number of carbonyl (C=O) groups excluding carboxylic acids is 2. The third-order valence-corrected chi connectivity index (χ3v) is 7.22. The average Bonchev–Trinajstić information content (AvgIpc) is 3.27. The van der Waals surface area contributed by atoms with Crippen molar-refractivity contribution in [1.29, 1.82) is 0 Å². The third kappa shape index (κ3) is 3.97. The fourth-order valence-corrected chi connectivity index (χ4v) is 5.83. The lowest BCUT2D eigenvalue weighted by Gasteiger charge is -2.18. The van der Waals surface area contributed by atoms with Crippen molar-refractivity contribution in [2.24, 2.45) is 5.92 Å². The van der Waals surface area contributed by atoms with Gasteiger partial charge in [-0.3, -0.25) is 4.79 Å². The number of carbonyl (C=O) groups is 2. The highest BCUT2D eigenvalue weighted by molar-refractivity contribution is 7.17. The van der Waals surface area contributed by atoms with E-state index in [0.717, 1.165) is 29.7 Å². The molecule has 1 aliphatic carbocycles. The van der Waals surface area contributed by atoms with Crippen LogP contribution in [0.4, 0.5) is 5.00 Å². The van der Waals surface area contributed by atoms with Crippen molar-refractivity contribution in [2.45, 2.75) is 33.1 Å². The number of nitrogens with one attached hydrogen (secondary N) is 1. The number of hydrogen-bond acceptors (Lipinski definition) is 6. The topological polar surface area (TPSA) is 81.4 Å². The number of hydrogen-bond donors (Lipinski definition) is 1. The van der Waals surface area contributed by atoms with Gasteiger partial charge < -0.3 is 14.6 Å². The van der Waals surface area contributed by atoms with Gasteiger partial charge in [-0.2, -0.15) is 0 Å². The fourth-order valence-electron chi connectivity index (χ4n) is 3.86. The number of methoxy groups -OCH3 is 1. The first-order chi connectivity index (χ1) is 14.8. The SMILES string of the molecule is COC(=O)c1c(NC(=O)c2c(-c3c(Cl)cccc3Cl)noc2C)sc2c1CCC(C)C2. The highest BCUT2D eigenvalue weighted by Crippen LogP contribution is 2.41. The van der Waals surface area contributed by atoms with Crippen molar-refractivity contribution >= 4 is 51.4 Å². The number of halogens is 2. The molecular weight excluding hydrogens is 459 g/mol. The van der Waals surface area contributed by atoms with Gasteiger partial charge in [0, 0.05) is 10.4 Å². The number of fused-ring (bicyclic) bond motifs is 1. The number of rotatable bonds is 4. The Morgan fingerprint density at radius 3 is 2.65 bits per heavy atom. The van der Waals surface area contributed by atoms with Gasteiger partial charge >= 0.3 is 5.97 Å². The molecule has 3 aromatic rings. The summed E-state index contributed by atoms with van der Waals surface area (Å²) < 4.78 is 10.3. The maximum atomic E-state index is 13.3. The second kappa shape index (κ2) is 8.65. The molecule has 2 aromatic heterocycles. The van der Waals surface area contributed by atoms with E-state index in [9.17, 15) is 9.59 Å². The number of aryl methyl sites for hydroxylation is 1. The van der Waals surface area contributed by atoms with Gasteiger partial charge in [0.15, 0.2) is 0 Å². The van der Waals surface area contributed by atoms with E-state index in [1.54, 1.807) is 25.1 Å². The molecule has 1 N–H and O–H groups in total. The van der Waals surface area contributed by atoms with Crippen LogP contribution in [0.25, 0.3) is 11.3 Å². The first kappa shape index (κ1) is 21.9. The van der Waals surface area contributed by atoms with Crippen LogP contribution >= 0.6 is 34.5 Å². The lowest BCUT2D eigenvalue weighted by Crippen LogP contribution is -2.16. The minimum atomic E-state index is -0.459. The largest absolute Gasteiger partial charge is 0.465 e. The van der Waals surface area contributed by atoms with Crippen molar-refractivity contribution in [2.75, 3.05) is 12.4 Å². The van der Waals surface area contributed by atoms with Gasteiger partial charge in [0.1, 0.15) is 22.0 Å². The van der Waals surface area contributed by atoms with Crippen molar-refractivity contribution in [3.8, 4) is 11.3 Å². The highest BCUT2D eigenvalue weighted by atomic mass is 35.5. The number of anilines is 1. The van der Waals surface area contributed by atoms with E-state index < -0.39 is 11.9 Å². The molecule has 4 rings (SSSR count). The molecule has 0 bridgehead atoms. The number of benzene rings is 1. The molecular formula is C22H20Cl2N2O4S. The summed E-state index contributed by atoms with van der Waals surface area (Å²) in [4.78, 5) is 26.9. The van der Waals surface area contributed by atoms with Crippen molar-refractivity contribution in [1.82, 2.24) is 5.16 Å². The summed E-state index contributed by atoms with van der Waals surface area (Å²) in [5.41, 5.74) is 2.27. The molecule has 6 nitrogen and oxygen atoms in total. The normalized spacial score (nSPS) is 15.5. The van der Waals surface area contributed by atoms with E-state index in [4.69, 9.17) is 32.5 Å². The molecule has 0 radical (unpaired) electrons. The van der Waals surface area contributed by atoms with Gasteiger partial charge in [0.25, 0.3) is 5.91 Å². The van der Waals surface area contributed by atoms with Crippen LogP contribution in [0.5, 0.6) is 0 Å². The Morgan fingerprint density at radius 2 is 1.97 bits per heavy atom. The molecule has 0 fully saturated rings. The van der Waals surface area contributed by atoms with Gasteiger partial charge in [-0.05, 0) is 49.8 Å². The lowest BCUT2D eigenvalue weighted by atomic mass is 9.88. The van der Waals surface area contributed by atoms with Gasteiger partial charge in [-0.25, -0.2) is 4.79 Å². The summed E-state index contributed by atoms with van der Waals surface area (Å²) in [6.45, 7) is 3.82. The Hall–Kier alpha value is -2.35. The van der Waals surface area contributed by atoms with Crippen LogP contribution in [0.15, 0.2) is 22.7 Å². The van der Waals surface area contributed by atoms with Crippen molar-refractivity contribution < 1.29 is 18.8 Å². The van der Waals surface area contributed by atoms with Gasteiger partial charge in [-0.1, -0.05) is 41.3 Å². The molecule has 2 heterocycles. The minimum Gasteiger partial charge on any atom is -0.465 e. The maximum absolute atomic E-state index is 13.3. The number of aromatic nitrogens is 1. The van der Waals surface area contributed by atoms with Crippen LogP contribution < -0.4 is 5.32 Å². The number of thiophene rings is 1. The van der Waals surface area contributed by atoms with Crippen LogP contribution in [0.1, 0.15) is 50.3 Å². The third-order valence-electron chi connectivity index (χ3n) is 5.42. The molecule has 0 saturated carbocycles. The van der Waals surface area contributed by atoms with Gasteiger partial charge in [0.2, 0.25) is 0 Å². The zero-order valence-electron chi connectivity index (χ0n) is 17.2. The van der Waals surface area contributed by atoms with Crippen LogP contribution in [0, 0.1) is 12.8 Å². The van der Waals surface area contributed by atoms with Crippen LogP contribution in [-0.2, 0) is 17.6 Å². The summed E-state index contributed by atoms with van der Waals surface area (Å²) in [5, 5.41) is 8.08. The summed E-state index contributed by atoms with van der Waals surface area (Å²) in [6, 6.07) is 5.04. The molecule has 1 atom stereocenters. The van der Waals surface area contributed by atoms with Crippen LogP contribution in [0.3, 0.4) is 0 Å². The van der Waals surface area contributed by atoms with Gasteiger partial charge in [0.05, 0.1) is 22.7 Å². The molecule has 0 saturated heterocycles. The molecule has 0 aliphatic heterocycles. The fraction of sp³-hybridized carbons (Fsp3) is 0.318. The smallest absolute Gasteiger partial charge is 0.341 e. The zero-order chi connectivity index (χ0) is 22.3. The Balaban J connectivity index is 1.76. The Morgan fingerprint density at radius 1 is 1.26 bits per heavy atom. The molecule has 1 amide bonds. The molecule has 0 spiro atoms. The first-order valence-electron chi connectivity index (χ1n) is 9.76. The Kier molecular flexibility index (Phi) is 6.10. The second-order valence-corrected chi connectivity index (χ2v) is 9.48. The number of ether oxygens (including phenoxy) is 1. The summed E-state index contributed by atoms with van der Waals surface area (Å²) >= 11 is 14.1. The summed E-state index contributed by atoms with van der Waals surface area (Å²) in [6.07, 6.45) is 2.63. The Labute approximate surface area is 193 Å². The van der Waals surface area contributed by atoms with E-state index in [1.165, 1.54) is 18.4 Å². The predicted molar refractivity (Wildman–Crippen MR) is 121 cm³/mol. The number of esters is 1. The quantitative estimate of drug-likeness (QED) is 0.452. The maximum Gasteiger partial charge on any atom is 0.341 e. The number of nitrogens with zero attached hydrogens (tertiary/aromatic N) is 1. The zero-order valence-corrected chi connectivity index (χ0v) is 19.5. The molecule has 9 heteroatoms. The van der Waals surface area contributed by atoms with E-state index in [-0.39, 0.29) is 11.3 Å². The summed E-state index contributed by atoms with van der Waals surface area (Å²) in [7, 11) is 1.34. The first-order valence-corrected chi connectivity index (χ1v) is 11.3. The molecule has 31 heavy (non-hydrogen) atoms. The van der Waals surface area contributed by atoms with Crippen LogP contribution in [0.2, 0.25) is 10.0 Å². The molecule has 1 aliphatic rings. The van der Waals surface area contributed by atoms with Crippen molar-refractivity contribution in [3.05, 3.63) is 55.6 Å². The highest BCUT2D eigenvalue weighted by Gasteiger charge is 2.31. The van der Waals surface area contributed by atoms with E-state index in [0.29, 0.717) is 37.9 Å². The van der Waals surface area contributed by atoms with E-state index >= 15 is 0 Å². The van der Waals surface area contributed by atoms with Crippen LogP contribution in [-0.4, -0.2) is 24.1 Å². The molecule has 1 aromatic carbocycles. The second-order valence-electron chi connectivity index (χ2n) is 7.56. The lowest BCUT2D eigenvalue weighted by molar-refractivity contribution is 0.0601. The predicted octanol–water partition coefficient (Wildman–Crippen LogP) is 6.18. The average molecular weight is 479 g/mol. The minimum absolute atomic E-state index is 0.213. The monoisotopic (exact) mass is 478 g/mol. The number of amides is 1. The van der Waals surface area contributed by atoms with Crippen molar-refractivity contribution in [3.63, 3.8) is 0 Å². The van der Waals surface area contributed by atoms with Gasteiger partial charge in [-0.15, -0.1) is 11.3 Å². The standard InChI is InChI=1S/C22H20Cl2N2O4S/c1-10-7-8-12-15(9-10)31-21(17(12)22(28)29-3)25-20(27)16-11(2)30-26-19(16)18-13(23)5-4-6-14(18)24/h4-6,10H,7-9H2,1-3H3,(H,25,27). The van der Waals surface area contributed by atoms with E-state index in [1.807, 2.05) is 0 Å². The van der Waals surface area contributed by atoms with E-state index in [2.05, 4.69) is 17.4 Å². The molecule has 1 unspecified atom stereocenters. The Bertz CT molecular complexity index is 1160.